The van der Waals surface area contributed by atoms with Crippen LogP contribution in [0.3, 0.4) is 0 Å². The third-order valence-corrected chi connectivity index (χ3v) is 8.06. The van der Waals surface area contributed by atoms with Crippen LogP contribution >= 0.6 is 45.2 Å². The summed E-state index contributed by atoms with van der Waals surface area (Å²) in [4.78, 5) is 12.2. The molecule has 2 bridgehead atoms. The molecule has 3 saturated carbocycles. The Labute approximate surface area is 125 Å². The molecule has 16 heavy (non-hydrogen) atoms. The zero-order chi connectivity index (χ0) is 11.7. The van der Waals surface area contributed by atoms with Gasteiger partial charge in [0.05, 0.1) is 0 Å². The van der Waals surface area contributed by atoms with Crippen molar-refractivity contribution in [3.05, 3.63) is 0 Å². The van der Waals surface area contributed by atoms with E-state index < -0.39 is 0 Å². The molecule has 0 spiro atoms. The maximum absolute atomic E-state index is 12.2. The number of hydrogen-bond donors (Lipinski definition) is 0. The van der Waals surface area contributed by atoms with Gasteiger partial charge in [-0.05, 0) is 36.5 Å². The molecule has 90 valence electrons. The van der Waals surface area contributed by atoms with Gasteiger partial charge in [0, 0.05) is 19.7 Å². The molecule has 3 aliphatic rings. The smallest absolute Gasteiger partial charge is 0.139 e. The molecule has 0 aromatic carbocycles. The molecule has 0 aromatic rings. The molecule has 0 radical (unpaired) electrons. The summed E-state index contributed by atoms with van der Waals surface area (Å²) in [6.45, 7) is 4.40. The van der Waals surface area contributed by atoms with Gasteiger partial charge in [-0.3, -0.25) is 4.79 Å². The number of rotatable bonds is 0. The van der Waals surface area contributed by atoms with E-state index >= 15 is 0 Å². The Hall–Kier alpha value is 1.13. The summed E-state index contributed by atoms with van der Waals surface area (Å²) < 4.78 is 1.62. The second-order valence-electron chi connectivity index (χ2n) is 6.38. The first-order valence-electron chi connectivity index (χ1n) is 6.24. The van der Waals surface area contributed by atoms with Gasteiger partial charge in [-0.2, -0.15) is 0 Å². The second-order valence-corrected chi connectivity index (χ2v) is 9.58. The minimum atomic E-state index is -0.0531. The molecule has 6 atom stereocenters. The van der Waals surface area contributed by atoms with Crippen molar-refractivity contribution in [3.63, 3.8) is 0 Å². The van der Waals surface area contributed by atoms with E-state index in [1.165, 1.54) is 12.8 Å². The van der Waals surface area contributed by atoms with Crippen LogP contribution < -0.4 is 0 Å². The molecule has 0 amide bonds. The number of carbonyl (C=O) groups is 1. The Bertz CT molecular complexity index is 339. The summed E-state index contributed by atoms with van der Waals surface area (Å²) >= 11 is 5.26. The number of ketones is 1. The van der Waals surface area contributed by atoms with Crippen molar-refractivity contribution in [3.8, 4) is 0 Å². The highest BCUT2D eigenvalue weighted by molar-refractivity contribution is 14.1. The lowest BCUT2D eigenvalue weighted by atomic mass is 9.66. The lowest BCUT2D eigenvalue weighted by Gasteiger charge is -2.40. The van der Waals surface area contributed by atoms with Gasteiger partial charge in [0.1, 0.15) is 5.78 Å². The number of halogens is 2. The van der Waals surface area contributed by atoms with Crippen LogP contribution in [0.15, 0.2) is 0 Å². The van der Waals surface area contributed by atoms with Gasteiger partial charge in [-0.15, -0.1) is 0 Å². The average molecular weight is 444 g/mol. The fourth-order valence-corrected chi connectivity index (χ4v) is 7.93. The first-order chi connectivity index (χ1) is 7.43. The number of fused-ring (bicyclic) bond motifs is 5. The van der Waals surface area contributed by atoms with E-state index in [9.17, 15) is 4.79 Å². The van der Waals surface area contributed by atoms with E-state index in [1.54, 1.807) is 0 Å². The summed E-state index contributed by atoms with van der Waals surface area (Å²) in [7, 11) is 0. The van der Waals surface area contributed by atoms with Crippen LogP contribution in [0.4, 0.5) is 0 Å². The van der Waals surface area contributed by atoms with Crippen molar-refractivity contribution >= 4 is 51.0 Å². The minimum Gasteiger partial charge on any atom is -0.299 e. The highest BCUT2D eigenvalue weighted by Crippen LogP contribution is 2.64. The Morgan fingerprint density at radius 1 is 1.12 bits per heavy atom. The van der Waals surface area contributed by atoms with E-state index in [1.807, 2.05) is 0 Å². The van der Waals surface area contributed by atoms with E-state index in [2.05, 4.69) is 59.0 Å². The van der Waals surface area contributed by atoms with Crippen LogP contribution in [-0.4, -0.2) is 13.6 Å². The summed E-state index contributed by atoms with van der Waals surface area (Å²) in [5.41, 5.74) is -0.0531. The lowest BCUT2D eigenvalue weighted by Crippen LogP contribution is -2.44. The maximum atomic E-state index is 12.2. The first-order valence-corrected chi connectivity index (χ1v) is 8.73. The van der Waals surface area contributed by atoms with Crippen molar-refractivity contribution in [2.75, 3.05) is 0 Å². The molecule has 1 nitrogen and oxygen atoms in total. The Kier molecular flexibility index (Phi) is 2.90. The molecule has 0 N–H and O–H groups in total. The van der Waals surface area contributed by atoms with Crippen LogP contribution in [0, 0.1) is 29.1 Å². The molecule has 0 aliphatic heterocycles. The normalized spacial score (nSPS) is 54.1. The number of alkyl halides is 2. The lowest BCUT2D eigenvalue weighted by molar-refractivity contribution is -0.132. The van der Waals surface area contributed by atoms with Gasteiger partial charge in [-0.1, -0.05) is 59.0 Å². The quantitative estimate of drug-likeness (QED) is 0.410. The van der Waals surface area contributed by atoms with E-state index in [-0.39, 0.29) is 5.41 Å². The zero-order valence-corrected chi connectivity index (χ0v) is 14.1. The van der Waals surface area contributed by atoms with Crippen molar-refractivity contribution in [1.82, 2.24) is 0 Å². The van der Waals surface area contributed by atoms with Crippen LogP contribution in [0.2, 0.25) is 0 Å². The fourth-order valence-electron chi connectivity index (χ4n) is 4.54. The van der Waals surface area contributed by atoms with Crippen molar-refractivity contribution < 1.29 is 4.79 Å². The minimum absolute atomic E-state index is 0.0531. The third-order valence-electron chi connectivity index (χ3n) is 5.34. The molecule has 3 rings (SSSR count). The molecule has 0 aromatic heterocycles. The van der Waals surface area contributed by atoms with Crippen LogP contribution in [0.5, 0.6) is 0 Å². The third kappa shape index (κ3) is 1.48. The summed E-state index contributed by atoms with van der Waals surface area (Å²) in [5, 5.41) is 0. The Morgan fingerprint density at radius 3 is 2.44 bits per heavy atom. The van der Waals surface area contributed by atoms with Crippen LogP contribution in [0.1, 0.15) is 33.1 Å². The SMILES string of the molecule is CC1(C)C(=O)C[C@@H]2C(I)[C@H]1[C@H]1C[C@H](I)C[C@H]12. The highest BCUT2D eigenvalue weighted by Gasteiger charge is 2.62. The predicted molar refractivity (Wildman–Crippen MR) is 82.2 cm³/mol. The molecule has 3 heteroatoms. The van der Waals surface area contributed by atoms with Gasteiger partial charge >= 0.3 is 0 Å². The largest absolute Gasteiger partial charge is 0.299 e. The van der Waals surface area contributed by atoms with Gasteiger partial charge in [0.25, 0.3) is 0 Å². The van der Waals surface area contributed by atoms with Crippen molar-refractivity contribution in [2.24, 2.45) is 29.1 Å². The monoisotopic (exact) mass is 444 g/mol. The summed E-state index contributed by atoms with van der Waals surface area (Å²) in [6.07, 6.45) is 3.60. The number of Topliss-reactive ketones (excluding diaryl/α,β-unsaturated/α-hetero) is 1. The topological polar surface area (TPSA) is 17.1 Å². The highest BCUT2D eigenvalue weighted by atomic mass is 127. The van der Waals surface area contributed by atoms with Gasteiger partial charge in [-0.25, -0.2) is 0 Å². The average Bonchev–Trinajstić information content (AvgIpc) is 2.61. The molecule has 3 aliphatic carbocycles. The molecule has 3 fully saturated rings. The van der Waals surface area contributed by atoms with Crippen molar-refractivity contribution in [1.29, 1.82) is 0 Å². The van der Waals surface area contributed by atoms with E-state index in [0.717, 1.165) is 26.1 Å². The van der Waals surface area contributed by atoms with E-state index in [0.29, 0.717) is 17.6 Å². The molecular weight excluding hydrogens is 426 g/mol. The summed E-state index contributed by atoms with van der Waals surface area (Å²) in [6, 6.07) is 0. The Morgan fingerprint density at radius 2 is 1.75 bits per heavy atom. The molecule has 1 unspecified atom stereocenters. The zero-order valence-electron chi connectivity index (χ0n) is 9.75. The number of carbonyl (C=O) groups excluding carboxylic acids is 1. The van der Waals surface area contributed by atoms with Crippen LogP contribution in [-0.2, 0) is 4.79 Å². The van der Waals surface area contributed by atoms with Gasteiger partial charge in [0.15, 0.2) is 0 Å². The van der Waals surface area contributed by atoms with Crippen molar-refractivity contribution in [2.45, 2.75) is 41.0 Å². The van der Waals surface area contributed by atoms with Crippen LogP contribution in [0.25, 0.3) is 0 Å². The maximum Gasteiger partial charge on any atom is 0.139 e. The van der Waals surface area contributed by atoms with Gasteiger partial charge < -0.3 is 0 Å². The molecule has 0 saturated heterocycles. The molecule has 0 heterocycles. The predicted octanol–water partition coefficient (Wildman–Crippen LogP) is 3.86. The number of hydrogen-bond acceptors (Lipinski definition) is 1. The van der Waals surface area contributed by atoms with Gasteiger partial charge in [0.2, 0.25) is 0 Å². The second kappa shape index (κ2) is 3.81. The Balaban J connectivity index is 2.01. The fraction of sp³-hybridized carbons (Fsp3) is 0.923. The molecular formula is C13H18I2O. The van der Waals surface area contributed by atoms with E-state index in [4.69, 9.17) is 0 Å². The standard InChI is InChI=1S/C13H18I2O/c1-13(2)10(16)5-9-7-3-6(14)4-8(7)11(13)12(9)15/h6-9,11-12H,3-5H2,1-2H3/t6-,7-,8+,9+,11-,12?/m1/s1. The summed E-state index contributed by atoms with van der Waals surface area (Å²) in [5.74, 6) is 3.60. The first kappa shape index (κ1) is 12.2.